The number of nitrogens with two attached hydrogens (primary N) is 1. The molecule has 1 aliphatic rings. The minimum absolute atomic E-state index is 0.183. The Bertz CT molecular complexity index is 768. The van der Waals surface area contributed by atoms with Gasteiger partial charge in [-0.05, 0) is 43.0 Å². The maximum absolute atomic E-state index is 6.22. The van der Waals surface area contributed by atoms with Gasteiger partial charge in [-0.15, -0.1) is 0 Å². The van der Waals surface area contributed by atoms with E-state index in [0.29, 0.717) is 0 Å². The Hall–Kier alpha value is -2.13. The van der Waals surface area contributed by atoms with Gasteiger partial charge in [0.25, 0.3) is 0 Å². The van der Waals surface area contributed by atoms with Crippen LogP contribution in [0, 0.1) is 0 Å². The quantitative estimate of drug-likeness (QED) is 0.731. The van der Waals surface area contributed by atoms with Gasteiger partial charge in [0.15, 0.2) is 0 Å². The molecule has 20 heavy (non-hydrogen) atoms. The van der Waals surface area contributed by atoms with Crippen molar-refractivity contribution in [3.63, 3.8) is 0 Å². The fourth-order valence-corrected chi connectivity index (χ4v) is 3.24. The third kappa shape index (κ3) is 1.67. The Morgan fingerprint density at radius 2 is 2.05 bits per heavy atom. The van der Waals surface area contributed by atoms with Crippen molar-refractivity contribution in [1.82, 2.24) is 9.55 Å². The van der Waals surface area contributed by atoms with E-state index in [4.69, 9.17) is 5.73 Å². The number of nitrogens with zero attached hydrogens (tertiary/aromatic N) is 2. The SMILES string of the molecule is NC1CCCc2c1ccn2-c1cccc2cccnc12. The number of benzene rings is 1. The van der Waals surface area contributed by atoms with E-state index in [-0.39, 0.29) is 6.04 Å². The van der Waals surface area contributed by atoms with Gasteiger partial charge in [0.1, 0.15) is 0 Å². The molecule has 0 fully saturated rings. The van der Waals surface area contributed by atoms with Crippen molar-refractivity contribution in [3.8, 4) is 5.69 Å². The highest BCUT2D eigenvalue weighted by Crippen LogP contribution is 2.32. The van der Waals surface area contributed by atoms with Crippen LogP contribution in [0.2, 0.25) is 0 Å². The van der Waals surface area contributed by atoms with Gasteiger partial charge in [-0.2, -0.15) is 0 Å². The molecule has 0 radical (unpaired) electrons. The van der Waals surface area contributed by atoms with E-state index in [2.05, 4.69) is 46.1 Å². The second kappa shape index (κ2) is 4.46. The summed E-state index contributed by atoms with van der Waals surface area (Å²) >= 11 is 0. The molecule has 2 heterocycles. The zero-order chi connectivity index (χ0) is 13.5. The maximum atomic E-state index is 6.22. The van der Waals surface area contributed by atoms with Gasteiger partial charge in [0, 0.05) is 29.5 Å². The number of hydrogen-bond donors (Lipinski definition) is 1. The van der Waals surface area contributed by atoms with Crippen molar-refractivity contribution in [2.75, 3.05) is 0 Å². The molecule has 1 aliphatic carbocycles. The van der Waals surface area contributed by atoms with Crippen LogP contribution in [0.25, 0.3) is 16.6 Å². The van der Waals surface area contributed by atoms with Crippen molar-refractivity contribution in [2.45, 2.75) is 25.3 Å². The molecular formula is C17H17N3. The number of pyridine rings is 1. The molecule has 1 atom stereocenters. The first kappa shape index (κ1) is 11.7. The average molecular weight is 263 g/mol. The van der Waals surface area contributed by atoms with Crippen molar-refractivity contribution in [2.24, 2.45) is 5.73 Å². The van der Waals surface area contributed by atoms with Gasteiger partial charge >= 0.3 is 0 Å². The standard InChI is InChI=1S/C17H17N3/c18-14-6-2-7-15-13(14)9-11-20(15)16-8-1-4-12-5-3-10-19-17(12)16/h1,3-5,8-11,14H,2,6-7,18H2. The Morgan fingerprint density at radius 3 is 3.00 bits per heavy atom. The zero-order valence-corrected chi connectivity index (χ0v) is 11.3. The number of rotatable bonds is 1. The summed E-state index contributed by atoms with van der Waals surface area (Å²) in [5, 5.41) is 1.17. The normalized spacial score (nSPS) is 18.1. The van der Waals surface area contributed by atoms with E-state index >= 15 is 0 Å². The number of hydrogen-bond acceptors (Lipinski definition) is 2. The Balaban J connectivity index is 1.96. The van der Waals surface area contributed by atoms with E-state index < -0.39 is 0 Å². The number of aromatic nitrogens is 2. The van der Waals surface area contributed by atoms with Crippen LogP contribution in [0.1, 0.15) is 30.1 Å². The Morgan fingerprint density at radius 1 is 1.15 bits per heavy atom. The van der Waals surface area contributed by atoms with Crippen LogP contribution in [0.3, 0.4) is 0 Å². The van der Waals surface area contributed by atoms with E-state index in [9.17, 15) is 0 Å². The van der Waals surface area contributed by atoms with Crippen LogP contribution < -0.4 is 5.73 Å². The monoisotopic (exact) mass is 263 g/mol. The first-order chi connectivity index (χ1) is 9.84. The van der Waals surface area contributed by atoms with Gasteiger partial charge < -0.3 is 10.3 Å². The van der Waals surface area contributed by atoms with Gasteiger partial charge in [0.2, 0.25) is 0 Å². The van der Waals surface area contributed by atoms with Crippen LogP contribution >= 0.6 is 0 Å². The summed E-state index contributed by atoms with van der Waals surface area (Å²) in [6.45, 7) is 0. The fraction of sp³-hybridized carbons (Fsp3) is 0.235. The van der Waals surface area contributed by atoms with E-state index in [0.717, 1.165) is 30.5 Å². The smallest absolute Gasteiger partial charge is 0.0942 e. The molecule has 0 bridgehead atoms. The van der Waals surface area contributed by atoms with Crippen LogP contribution in [-0.2, 0) is 6.42 Å². The summed E-state index contributed by atoms with van der Waals surface area (Å²) in [6, 6.07) is 12.8. The highest BCUT2D eigenvalue weighted by Gasteiger charge is 2.21. The van der Waals surface area contributed by atoms with Gasteiger partial charge in [-0.3, -0.25) is 4.98 Å². The molecule has 4 rings (SSSR count). The highest BCUT2D eigenvalue weighted by atomic mass is 15.0. The second-order valence-electron chi connectivity index (χ2n) is 5.44. The summed E-state index contributed by atoms with van der Waals surface area (Å²) in [5.41, 5.74) is 11.1. The van der Waals surface area contributed by atoms with Crippen LogP contribution in [-0.4, -0.2) is 9.55 Å². The molecular weight excluding hydrogens is 246 g/mol. The summed E-state index contributed by atoms with van der Waals surface area (Å²) in [5.74, 6) is 0. The van der Waals surface area contributed by atoms with Gasteiger partial charge in [0.05, 0.1) is 11.2 Å². The molecule has 1 aromatic carbocycles. The molecule has 0 spiro atoms. The lowest BCUT2D eigenvalue weighted by atomic mass is 9.93. The van der Waals surface area contributed by atoms with E-state index in [1.807, 2.05) is 12.3 Å². The molecule has 2 aromatic heterocycles. The van der Waals surface area contributed by atoms with Gasteiger partial charge in [-0.1, -0.05) is 18.2 Å². The van der Waals surface area contributed by atoms with Crippen molar-refractivity contribution in [1.29, 1.82) is 0 Å². The fourth-order valence-electron chi connectivity index (χ4n) is 3.24. The van der Waals surface area contributed by atoms with Crippen LogP contribution in [0.15, 0.2) is 48.8 Å². The minimum atomic E-state index is 0.183. The lowest BCUT2D eigenvalue weighted by molar-refractivity contribution is 0.560. The summed E-state index contributed by atoms with van der Waals surface area (Å²) in [4.78, 5) is 4.55. The molecule has 0 aliphatic heterocycles. The van der Waals surface area contributed by atoms with Crippen LogP contribution in [0.4, 0.5) is 0 Å². The maximum Gasteiger partial charge on any atom is 0.0942 e. The van der Waals surface area contributed by atoms with Crippen molar-refractivity contribution >= 4 is 10.9 Å². The molecule has 2 N–H and O–H groups in total. The molecule has 3 nitrogen and oxygen atoms in total. The average Bonchev–Trinajstić information content (AvgIpc) is 2.92. The third-order valence-corrected chi connectivity index (χ3v) is 4.23. The first-order valence-electron chi connectivity index (χ1n) is 7.14. The molecule has 100 valence electrons. The van der Waals surface area contributed by atoms with E-state index in [1.165, 1.54) is 16.6 Å². The van der Waals surface area contributed by atoms with Crippen molar-refractivity contribution in [3.05, 3.63) is 60.0 Å². The third-order valence-electron chi connectivity index (χ3n) is 4.23. The highest BCUT2D eigenvalue weighted by molar-refractivity contribution is 5.86. The van der Waals surface area contributed by atoms with Crippen LogP contribution in [0.5, 0.6) is 0 Å². The molecule has 3 aromatic rings. The predicted molar refractivity (Wildman–Crippen MR) is 80.9 cm³/mol. The molecule has 3 heteroatoms. The first-order valence-corrected chi connectivity index (χ1v) is 7.14. The summed E-state index contributed by atoms with van der Waals surface area (Å²) in [7, 11) is 0. The topological polar surface area (TPSA) is 43.8 Å². The molecule has 0 saturated carbocycles. The predicted octanol–water partition coefficient (Wildman–Crippen LogP) is 3.36. The Labute approximate surface area is 118 Å². The summed E-state index contributed by atoms with van der Waals surface area (Å²) < 4.78 is 2.27. The number of para-hydroxylation sites is 1. The summed E-state index contributed by atoms with van der Waals surface area (Å²) in [6.07, 6.45) is 7.34. The van der Waals surface area contributed by atoms with Crippen molar-refractivity contribution < 1.29 is 0 Å². The zero-order valence-electron chi connectivity index (χ0n) is 11.3. The minimum Gasteiger partial charge on any atom is -0.324 e. The molecule has 0 saturated heterocycles. The van der Waals surface area contributed by atoms with E-state index in [1.54, 1.807) is 0 Å². The largest absolute Gasteiger partial charge is 0.324 e. The Kier molecular flexibility index (Phi) is 2.60. The molecule has 1 unspecified atom stereocenters. The molecule has 0 amide bonds. The van der Waals surface area contributed by atoms with Gasteiger partial charge in [-0.25, -0.2) is 0 Å². The number of fused-ring (bicyclic) bond motifs is 2. The lowest BCUT2D eigenvalue weighted by Gasteiger charge is -2.21. The lowest BCUT2D eigenvalue weighted by Crippen LogP contribution is -2.17. The second-order valence-corrected chi connectivity index (χ2v) is 5.44.